The molecular weight excluding hydrogens is 461 g/mol. The second-order valence-electron chi connectivity index (χ2n) is 9.85. The van der Waals surface area contributed by atoms with Gasteiger partial charge in [-0.15, -0.1) is 0 Å². The lowest BCUT2D eigenvalue weighted by atomic mass is 9.93. The van der Waals surface area contributed by atoms with Crippen molar-refractivity contribution >= 4 is 5.91 Å². The summed E-state index contributed by atoms with van der Waals surface area (Å²) in [6.07, 6.45) is -0.104. The van der Waals surface area contributed by atoms with Crippen molar-refractivity contribution in [2.75, 3.05) is 27.2 Å². The number of aliphatic hydroxyl groups excluding tert-OH is 1. The number of aliphatic hydroxyl groups is 1. The van der Waals surface area contributed by atoms with Crippen LogP contribution in [0.2, 0.25) is 0 Å². The zero-order valence-electron chi connectivity index (χ0n) is 20.1. The van der Waals surface area contributed by atoms with Gasteiger partial charge >= 0.3 is 6.18 Å². The van der Waals surface area contributed by atoms with Gasteiger partial charge in [0, 0.05) is 29.8 Å². The number of nitrogens with zero attached hydrogens (tertiary/aromatic N) is 3. The van der Waals surface area contributed by atoms with E-state index in [4.69, 9.17) is 4.52 Å². The summed E-state index contributed by atoms with van der Waals surface area (Å²) < 4.78 is 44.7. The van der Waals surface area contributed by atoms with E-state index in [0.29, 0.717) is 35.9 Å². The number of hydrogen-bond acceptors (Lipinski definition) is 6. The molecule has 1 saturated heterocycles. The molecule has 0 spiro atoms. The Morgan fingerprint density at radius 1 is 1.20 bits per heavy atom. The fourth-order valence-electron chi connectivity index (χ4n) is 5.03. The third-order valence-electron chi connectivity index (χ3n) is 7.18. The number of aromatic nitrogens is 1. The second kappa shape index (κ2) is 10.7. The van der Waals surface area contributed by atoms with E-state index >= 15 is 0 Å². The minimum atomic E-state index is -4.44. The predicted octanol–water partition coefficient (Wildman–Crippen LogP) is 3.92. The van der Waals surface area contributed by atoms with Crippen molar-refractivity contribution in [3.8, 4) is 11.3 Å². The van der Waals surface area contributed by atoms with Crippen LogP contribution in [0.5, 0.6) is 0 Å². The first-order valence-corrected chi connectivity index (χ1v) is 12.2. The summed E-state index contributed by atoms with van der Waals surface area (Å²) >= 11 is 0. The Morgan fingerprint density at radius 3 is 2.51 bits per heavy atom. The molecule has 0 radical (unpaired) electrons. The average Bonchev–Trinajstić information content (AvgIpc) is 3.22. The molecule has 2 aliphatic rings. The first-order chi connectivity index (χ1) is 16.6. The molecule has 2 N–H and O–H groups in total. The molecule has 7 nitrogen and oxygen atoms in total. The van der Waals surface area contributed by atoms with Crippen molar-refractivity contribution in [3.63, 3.8) is 0 Å². The maximum atomic E-state index is 13.2. The minimum Gasteiger partial charge on any atom is -0.393 e. The van der Waals surface area contributed by atoms with Crippen LogP contribution < -0.4 is 5.32 Å². The Bertz CT molecular complexity index is 1000. The Balaban J connectivity index is 1.60. The number of halogens is 3. The molecule has 2 unspecified atom stereocenters. The summed E-state index contributed by atoms with van der Waals surface area (Å²) in [5.74, 6) is -0.0925. The zero-order chi connectivity index (χ0) is 25.2. The molecule has 10 heteroatoms. The number of amides is 1. The van der Waals surface area contributed by atoms with Gasteiger partial charge in [-0.3, -0.25) is 9.69 Å². The summed E-state index contributed by atoms with van der Waals surface area (Å²) in [5.41, 5.74) is 0.379. The lowest BCUT2D eigenvalue weighted by Crippen LogP contribution is -2.42. The van der Waals surface area contributed by atoms with Gasteiger partial charge in [0.15, 0.2) is 11.5 Å². The van der Waals surface area contributed by atoms with Gasteiger partial charge in [-0.2, -0.15) is 13.2 Å². The van der Waals surface area contributed by atoms with Crippen molar-refractivity contribution in [1.82, 2.24) is 20.3 Å². The van der Waals surface area contributed by atoms with Crippen LogP contribution in [-0.4, -0.2) is 71.3 Å². The van der Waals surface area contributed by atoms with Crippen LogP contribution in [0.15, 0.2) is 28.8 Å². The van der Waals surface area contributed by atoms with Crippen LogP contribution >= 0.6 is 0 Å². The van der Waals surface area contributed by atoms with E-state index in [9.17, 15) is 23.1 Å². The van der Waals surface area contributed by atoms with Crippen molar-refractivity contribution in [2.24, 2.45) is 0 Å². The number of hydrogen-bond donors (Lipinski definition) is 2. The fourth-order valence-corrected chi connectivity index (χ4v) is 5.03. The van der Waals surface area contributed by atoms with E-state index in [1.54, 1.807) is 0 Å². The molecule has 0 bridgehead atoms. The second-order valence-corrected chi connectivity index (χ2v) is 9.85. The molecule has 1 amide bonds. The number of benzene rings is 1. The van der Waals surface area contributed by atoms with Crippen LogP contribution in [0.4, 0.5) is 13.2 Å². The van der Waals surface area contributed by atoms with Crippen molar-refractivity contribution < 1.29 is 27.6 Å². The molecule has 4 rings (SSSR count). The van der Waals surface area contributed by atoms with E-state index in [1.165, 1.54) is 12.1 Å². The standard InChI is InChI=1S/C25H33F3N4O3/c1-31-12-10-19(11-13-31)32(2)15-21-22(24(34)29-18-4-3-5-20(33)14-18)30-35-23(21)16-6-8-17(9-7-16)25(26,27)28/h6-9,18-20,33H,3-5,10-15H2,1-2H3,(H,29,34). The fraction of sp³-hybridized carbons (Fsp3) is 0.600. The van der Waals surface area contributed by atoms with Gasteiger partial charge in [-0.25, -0.2) is 0 Å². The molecule has 1 saturated carbocycles. The highest BCUT2D eigenvalue weighted by Gasteiger charge is 2.32. The number of carbonyl (C=O) groups is 1. The van der Waals surface area contributed by atoms with Gasteiger partial charge < -0.3 is 19.8 Å². The van der Waals surface area contributed by atoms with E-state index in [-0.39, 0.29) is 11.7 Å². The normalized spacial score (nSPS) is 22.5. The van der Waals surface area contributed by atoms with E-state index in [0.717, 1.165) is 57.3 Å². The molecule has 192 valence electrons. The van der Waals surface area contributed by atoms with E-state index in [2.05, 4.69) is 27.3 Å². The number of nitrogens with one attached hydrogen (secondary N) is 1. The zero-order valence-corrected chi connectivity index (χ0v) is 20.1. The molecule has 1 aliphatic carbocycles. The lowest BCUT2D eigenvalue weighted by molar-refractivity contribution is -0.137. The molecule has 2 heterocycles. The molecular formula is C25H33F3N4O3. The molecule has 1 aliphatic heterocycles. The number of alkyl halides is 3. The van der Waals surface area contributed by atoms with Crippen LogP contribution in [0.25, 0.3) is 11.3 Å². The molecule has 35 heavy (non-hydrogen) atoms. The summed E-state index contributed by atoms with van der Waals surface area (Å²) in [5, 5.41) is 17.0. The number of piperidine rings is 1. The average molecular weight is 495 g/mol. The largest absolute Gasteiger partial charge is 0.416 e. The van der Waals surface area contributed by atoms with Crippen LogP contribution in [0, 0.1) is 0 Å². The molecule has 1 aromatic carbocycles. The van der Waals surface area contributed by atoms with Gasteiger partial charge in [0.1, 0.15) is 0 Å². The summed E-state index contributed by atoms with van der Waals surface area (Å²) in [4.78, 5) is 17.6. The minimum absolute atomic E-state index is 0.139. The lowest BCUT2D eigenvalue weighted by Gasteiger charge is -2.35. The van der Waals surface area contributed by atoms with E-state index < -0.39 is 23.8 Å². The van der Waals surface area contributed by atoms with Gasteiger partial charge in [-0.1, -0.05) is 17.3 Å². The highest BCUT2D eigenvalue weighted by atomic mass is 19.4. The summed E-state index contributed by atoms with van der Waals surface area (Å²) in [7, 11) is 4.07. The van der Waals surface area contributed by atoms with Gasteiger partial charge in [0.2, 0.25) is 0 Å². The summed E-state index contributed by atoms with van der Waals surface area (Å²) in [6.45, 7) is 2.33. The van der Waals surface area contributed by atoms with Crippen molar-refractivity contribution in [3.05, 3.63) is 41.1 Å². The van der Waals surface area contributed by atoms with Crippen LogP contribution in [-0.2, 0) is 12.7 Å². The first-order valence-electron chi connectivity index (χ1n) is 12.2. The van der Waals surface area contributed by atoms with E-state index in [1.807, 2.05) is 7.05 Å². The Morgan fingerprint density at radius 2 is 1.89 bits per heavy atom. The number of rotatable bonds is 6. The number of likely N-dealkylation sites (tertiary alicyclic amines) is 1. The quantitative estimate of drug-likeness (QED) is 0.634. The van der Waals surface area contributed by atoms with Crippen molar-refractivity contribution in [2.45, 2.75) is 69.4 Å². The van der Waals surface area contributed by atoms with Crippen LogP contribution in [0.1, 0.15) is 60.1 Å². The summed E-state index contributed by atoms with van der Waals surface area (Å²) in [6, 6.07) is 4.86. The van der Waals surface area contributed by atoms with Crippen molar-refractivity contribution in [1.29, 1.82) is 0 Å². The molecule has 2 aromatic rings. The highest BCUT2D eigenvalue weighted by Crippen LogP contribution is 2.33. The maximum Gasteiger partial charge on any atom is 0.416 e. The van der Waals surface area contributed by atoms with Gasteiger partial charge in [0.25, 0.3) is 5.91 Å². The maximum absolute atomic E-state index is 13.2. The molecule has 2 atom stereocenters. The molecule has 1 aromatic heterocycles. The molecule has 2 fully saturated rings. The Labute approximate surface area is 203 Å². The number of carbonyl (C=O) groups excluding carboxylic acids is 1. The van der Waals surface area contributed by atoms with Gasteiger partial charge in [0.05, 0.1) is 11.7 Å². The SMILES string of the molecule is CN1CCC(N(C)Cc2c(C(=O)NC3CCCC(O)C3)noc2-c2ccc(C(F)(F)F)cc2)CC1. The predicted molar refractivity (Wildman–Crippen MR) is 125 cm³/mol. The first kappa shape index (κ1) is 25.7. The van der Waals surface area contributed by atoms with Gasteiger partial charge in [-0.05, 0) is 77.8 Å². The van der Waals surface area contributed by atoms with Crippen LogP contribution in [0.3, 0.4) is 0 Å². The Hall–Kier alpha value is -2.43. The monoisotopic (exact) mass is 494 g/mol. The smallest absolute Gasteiger partial charge is 0.393 e. The highest BCUT2D eigenvalue weighted by molar-refractivity contribution is 5.95. The topological polar surface area (TPSA) is 81.8 Å². The third-order valence-corrected chi connectivity index (χ3v) is 7.18. The third kappa shape index (κ3) is 6.23. The Kier molecular flexibility index (Phi) is 7.83.